The second-order valence-corrected chi connectivity index (χ2v) is 7.59. The lowest BCUT2D eigenvalue weighted by Crippen LogP contribution is -2.22. The zero-order chi connectivity index (χ0) is 22.5. The van der Waals surface area contributed by atoms with Crippen molar-refractivity contribution < 1.29 is 14.7 Å². The van der Waals surface area contributed by atoms with Crippen molar-refractivity contribution in [2.24, 2.45) is 0 Å². The lowest BCUT2D eigenvalue weighted by atomic mass is 9.98. The van der Waals surface area contributed by atoms with Gasteiger partial charge in [0.1, 0.15) is 0 Å². The van der Waals surface area contributed by atoms with Gasteiger partial charge in [0.25, 0.3) is 5.91 Å². The number of fused-ring (bicyclic) bond motifs is 1. The van der Waals surface area contributed by atoms with Crippen molar-refractivity contribution in [2.45, 2.75) is 13.5 Å². The molecule has 0 radical (unpaired) electrons. The summed E-state index contributed by atoms with van der Waals surface area (Å²) >= 11 is 0. The largest absolute Gasteiger partial charge is 0.478 e. The third kappa shape index (κ3) is 5.08. The van der Waals surface area contributed by atoms with Crippen LogP contribution in [0.4, 0.5) is 0 Å². The van der Waals surface area contributed by atoms with Gasteiger partial charge in [0.2, 0.25) is 0 Å². The van der Waals surface area contributed by atoms with Crippen molar-refractivity contribution in [2.75, 3.05) is 0 Å². The van der Waals surface area contributed by atoms with Crippen LogP contribution in [0, 0.1) is 6.92 Å². The van der Waals surface area contributed by atoms with Gasteiger partial charge in [0, 0.05) is 29.8 Å². The highest BCUT2D eigenvalue weighted by molar-refractivity contribution is 5.97. The third-order valence-corrected chi connectivity index (χ3v) is 5.15. The number of nitrogens with one attached hydrogen (secondary N) is 1. The highest BCUT2D eigenvalue weighted by Gasteiger charge is 2.10. The van der Waals surface area contributed by atoms with Gasteiger partial charge in [-0.3, -0.25) is 9.78 Å². The van der Waals surface area contributed by atoms with E-state index in [1.165, 1.54) is 6.08 Å². The van der Waals surface area contributed by atoms with Crippen molar-refractivity contribution in [3.05, 3.63) is 107 Å². The van der Waals surface area contributed by atoms with E-state index in [1.54, 1.807) is 12.3 Å². The molecule has 5 heteroatoms. The first-order valence-electron chi connectivity index (χ1n) is 10.2. The summed E-state index contributed by atoms with van der Waals surface area (Å²) in [5.41, 5.74) is 5.81. The fraction of sp³-hybridized carbons (Fsp3) is 0.0741. The van der Waals surface area contributed by atoms with Gasteiger partial charge >= 0.3 is 5.97 Å². The lowest BCUT2D eigenvalue weighted by molar-refractivity contribution is -0.131. The zero-order valence-corrected chi connectivity index (χ0v) is 17.6. The minimum absolute atomic E-state index is 0.226. The first kappa shape index (κ1) is 21.0. The predicted octanol–water partition coefficient (Wildman–Crippen LogP) is 5.24. The van der Waals surface area contributed by atoms with Crippen molar-refractivity contribution >= 4 is 28.9 Å². The van der Waals surface area contributed by atoms with Crippen LogP contribution in [0.2, 0.25) is 0 Å². The minimum Gasteiger partial charge on any atom is -0.478 e. The molecule has 0 aliphatic carbocycles. The Hall–Kier alpha value is -4.25. The highest BCUT2D eigenvalue weighted by Crippen LogP contribution is 2.26. The molecule has 2 N–H and O–H groups in total. The van der Waals surface area contributed by atoms with Gasteiger partial charge in [-0.25, -0.2) is 4.79 Å². The average molecular weight is 422 g/mol. The van der Waals surface area contributed by atoms with Crippen LogP contribution in [-0.4, -0.2) is 22.0 Å². The van der Waals surface area contributed by atoms with Crippen molar-refractivity contribution in [3.63, 3.8) is 0 Å². The van der Waals surface area contributed by atoms with E-state index < -0.39 is 5.97 Å². The van der Waals surface area contributed by atoms with Gasteiger partial charge in [-0.1, -0.05) is 48.0 Å². The molecule has 1 aromatic heterocycles. The van der Waals surface area contributed by atoms with Gasteiger partial charge in [-0.15, -0.1) is 0 Å². The number of aliphatic carboxylic acids is 1. The summed E-state index contributed by atoms with van der Waals surface area (Å²) in [6.07, 6.45) is 4.29. The van der Waals surface area contributed by atoms with Gasteiger partial charge in [0.05, 0.1) is 5.52 Å². The Morgan fingerprint density at radius 2 is 1.78 bits per heavy atom. The molecule has 3 aromatic carbocycles. The topological polar surface area (TPSA) is 79.3 Å². The van der Waals surface area contributed by atoms with E-state index in [1.807, 2.05) is 73.7 Å². The Morgan fingerprint density at radius 1 is 0.969 bits per heavy atom. The SMILES string of the molecule is Cc1ccc(CNC(=O)c2cc(/C=C/C(=O)O)cc(-c3ccc4cccnc4c3)c2)cc1. The predicted molar refractivity (Wildman–Crippen MR) is 126 cm³/mol. The number of aromatic nitrogens is 1. The van der Waals surface area contributed by atoms with E-state index in [9.17, 15) is 9.59 Å². The maximum Gasteiger partial charge on any atom is 0.328 e. The van der Waals surface area contributed by atoms with Crippen molar-refractivity contribution in [1.82, 2.24) is 10.3 Å². The minimum atomic E-state index is -1.05. The molecule has 0 fully saturated rings. The Morgan fingerprint density at radius 3 is 2.56 bits per heavy atom. The first-order chi connectivity index (χ1) is 15.5. The van der Waals surface area contributed by atoms with E-state index in [2.05, 4.69) is 10.3 Å². The van der Waals surface area contributed by atoms with E-state index in [0.717, 1.165) is 39.2 Å². The first-order valence-corrected chi connectivity index (χ1v) is 10.2. The Bertz CT molecular complexity index is 1320. The third-order valence-electron chi connectivity index (χ3n) is 5.15. The summed E-state index contributed by atoms with van der Waals surface area (Å²) in [5.74, 6) is -1.27. The second kappa shape index (κ2) is 9.27. The van der Waals surface area contributed by atoms with Crippen LogP contribution in [0.5, 0.6) is 0 Å². The molecular weight excluding hydrogens is 400 g/mol. The summed E-state index contributed by atoms with van der Waals surface area (Å²) in [4.78, 5) is 28.3. The maximum atomic E-state index is 12.9. The number of carbonyl (C=O) groups is 2. The molecule has 4 aromatic rings. The number of amides is 1. The Balaban J connectivity index is 1.67. The average Bonchev–Trinajstić information content (AvgIpc) is 2.81. The summed E-state index contributed by atoms with van der Waals surface area (Å²) in [6, 6.07) is 23.1. The lowest BCUT2D eigenvalue weighted by Gasteiger charge is -2.10. The fourth-order valence-corrected chi connectivity index (χ4v) is 3.45. The molecule has 0 spiro atoms. The van der Waals surface area contributed by atoms with E-state index >= 15 is 0 Å². The molecule has 0 aliphatic heterocycles. The van der Waals surface area contributed by atoms with E-state index in [-0.39, 0.29) is 5.91 Å². The molecule has 0 atom stereocenters. The number of carboxylic acids is 1. The van der Waals surface area contributed by atoms with Gasteiger partial charge in [-0.2, -0.15) is 0 Å². The van der Waals surface area contributed by atoms with Crippen LogP contribution in [-0.2, 0) is 11.3 Å². The number of hydrogen-bond acceptors (Lipinski definition) is 3. The van der Waals surface area contributed by atoms with E-state index in [4.69, 9.17) is 5.11 Å². The summed E-state index contributed by atoms with van der Waals surface area (Å²) in [7, 11) is 0. The summed E-state index contributed by atoms with van der Waals surface area (Å²) in [5, 5.41) is 13.0. The summed E-state index contributed by atoms with van der Waals surface area (Å²) in [6.45, 7) is 2.42. The monoisotopic (exact) mass is 422 g/mol. The number of hydrogen-bond donors (Lipinski definition) is 2. The van der Waals surface area contributed by atoms with E-state index in [0.29, 0.717) is 17.7 Å². The van der Waals surface area contributed by atoms with Crippen molar-refractivity contribution in [1.29, 1.82) is 0 Å². The van der Waals surface area contributed by atoms with Gasteiger partial charge in [-0.05, 0) is 65.6 Å². The maximum absolute atomic E-state index is 12.9. The Labute approximate surface area is 186 Å². The van der Waals surface area contributed by atoms with Gasteiger partial charge < -0.3 is 10.4 Å². The molecule has 1 amide bonds. The number of rotatable bonds is 6. The smallest absolute Gasteiger partial charge is 0.328 e. The molecule has 5 nitrogen and oxygen atoms in total. The molecule has 0 saturated carbocycles. The number of benzene rings is 3. The molecule has 0 aliphatic rings. The molecule has 0 bridgehead atoms. The molecule has 32 heavy (non-hydrogen) atoms. The molecule has 0 unspecified atom stereocenters. The zero-order valence-electron chi connectivity index (χ0n) is 17.6. The van der Waals surface area contributed by atoms with Crippen LogP contribution in [0.1, 0.15) is 27.0 Å². The van der Waals surface area contributed by atoms with Crippen LogP contribution >= 0.6 is 0 Å². The number of carbonyl (C=O) groups excluding carboxylic acids is 1. The van der Waals surface area contributed by atoms with Crippen LogP contribution < -0.4 is 5.32 Å². The number of nitrogens with zero attached hydrogens (tertiary/aromatic N) is 1. The van der Waals surface area contributed by atoms with Crippen LogP contribution in [0.15, 0.2) is 85.1 Å². The number of carboxylic acid groups (broad SMARTS) is 1. The normalized spacial score (nSPS) is 11.0. The molecule has 4 rings (SSSR count). The highest BCUT2D eigenvalue weighted by atomic mass is 16.4. The number of pyridine rings is 1. The van der Waals surface area contributed by atoms with Crippen LogP contribution in [0.25, 0.3) is 28.1 Å². The van der Waals surface area contributed by atoms with Gasteiger partial charge in [0.15, 0.2) is 0 Å². The molecule has 0 saturated heterocycles. The number of aryl methyl sites for hydroxylation is 1. The standard InChI is InChI=1S/C27H22N2O3/c1-18-4-6-19(7-5-18)17-29-27(32)24-14-20(8-11-26(30)31)13-23(15-24)22-10-9-21-3-2-12-28-25(21)16-22/h2-16H,17H2,1H3,(H,29,32)(H,30,31)/b11-8+. The quantitative estimate of drug-likeness (QED) is 0.417. The molecule has 158 valence electrons. The molecular formula is C27H22N2O3. The van der Waals surface area contributed by atoms with Crippen molar-refractivity contribution in [3.8, 4) is 11.1 Å². The summed E-state index contributed by atoms with van der Waals surface area (Å²) < 4.78 is 0. The van der Waals surface area contributed by atoms with Crippen LogP contribution in [0.3, 0.4) is 0 Å². The Kier molecular flexibility index (Phi) is 6.08. The second-order valence-electron chi connectivity index (χ2n) is 7.59. The fourth-order valence-electron chi connectivity index (χ4n) is 3.45. The molecule has 1 heterocycles.